The monoisotopic (exact) mass is 300 g/mol. The van der Waals surface area contributed by atoms with Gasteiger partial charge in [-0.25, -0.2) is 0 Å². The number of aryl methyl sites for hydroxylation is 1. The first-order chi connectivity index (χ1) is 11.3. The molecule has 0 atom stereocenters. The maximum Gasteiger partial charge on any atom is 0.121 e. The molecule has 0 aliphatic rings. The maximum absolute atomic E-state index is 9.43. The van der Waals surface area contributed by atoms with Crippen LogP contribution in [-0.4, -0.2) is 4.98 Å². The van der Waals surface area contributed by atoms with Crippen LogP contribution < -0.4 is 4.74 Å². The van der Waals surface area contributed by atoms with Crippen LogP contribution in [0.4, 0.5) is 0 Å². The minimum absolute atomic E-state index is 0.483. The Morgan fingerprint density at radius 3 is 2.61 bits per heavy atom. The summed E-state index contributed by atoms with van der Waals surface area (Å²) >= 11 is 0. The zero-order valence-electron chi connectivity index (χ0n) is 12.9. The van der Waals surface area contributed by atoms with Gasteiger partial charge in [-0.05, 0) is 42.3 Å². The Morgan fingerprint density at radius 2 is 1.87 bits per heavy atom. The van der Waals surface area contributed by atoms with Gasteiger partial charge in [0.2, 0.25) is 0 Å². The van der Waals surface area contributed by atoms with Gasteiger partial charge in [0.05, 0.1) is 11.6 Å². The van der Waals surface area contributed by atoms with Crippen LogP contribution >= 0.6 is 0 Å². The Hall–Kier alpha value is -3.12. The van der Waals surface area contributed by atoms with Crippen molar-refractivity contribution in [1.82, 2.24) is 4.98 Å². The van der Waals surface area contributed by atoms with Crippen molar-refractivity contribution in [1.29, 1.82) is 5.26 Å². The molecule has 112 valence electrons. The fraction of sp³-hybridized carbons (Fsp3) is 0.100. The summed E-state index contributed by atoms with van der Waals surface area (Å²) in [6, 6.07) is 19.8. The molecule has 3 aromatic rings. The van der Waals surface area contributed by atoms with Crippen molar-refractivity contribution < 1.29 is 4.74 Å². The topological polar surface area (TPSA) is 45.9 Å². The van der Waals surface area contributed by atoms with E-state index in [2.05, 4.69) is 11.1 Å². The molecule has 0 aliphatic heterocycles. The van der Waals surface area contributed by atoms with Gasteiger partial charge in [-0.3, -0.25) is 4.98 Å². The molecular formula is C20H16N2O. The van der Waals surface area contributed by atoms with E-state index in [1.807, 2.05) is 55.5 Å². The van der Waals surface area contributed by atoms with Crippen molar-refractivity contribution in [3.63, 3.8) is 0 Å². The van der Waals surface area contributed by atoms with E-state index >= 15 is 0 Å². The molecular weight excluding hydrogens is 284 g/mol. The van der Waals surface area contributed by atoms with E-state index in [1.54, 1.807) is 18.5 Å². The molecule has 0 spiro atoms. The summed E-state index contributed by atoms with van der Waals surface area (Å²) in [6.45, 7) is 2.47. The lowest BCUT2D eigenvalue weighted by molar-refractivity contribution is 0.306. The molecule has 0 fully saturated rings. The first-order valence-corrected chi connectivity index (χ1v) is 7.39. The lowest BCUT2D eigenvalue weighted by Gasteiger charge is -2.09. The molecule has 0 bridgehead atoms. The van der Waals surface area contributed by atoms with E-state index in [9.17, 15) is 5.26 Å². The van der Waals surface area contributed by atoms with E-state index in [0.717, 1.165) is 22.3 Å². The van der Waals surface area contributed by atoms with Crippen LogP contribution in [0.3, 0.4) is 0 Å². The van der Waals surface area contributed by atoms with Crippen LogP contribution in [0.2, 0.25) is 0 Å². The van der Waals surface area contributed by atoms with E-state index < -0.39 is 0 Å². The van der Waals surface area contributed by atoms with Crippen LogP contribution in [0.1, 0.15) is 16.7 Å². The van der Waals surface area contributed by atoms with Gasteiger partial charge in [-0.2, -0.15) is 5.26 Å². The van der Waals surface area contributed by atoms with E-state index in [0.29, 0.717) is 17.9 Å². The highest BCUT2D eigenvalue weighted by Crippen LogP contribution is 2.27. The van der Waals surface area contributed by atoms with E-state index in [1.165, 1.54) is 0 Å². The number of hydrogen-bond acceptors (Lipinski definition) is 3. The van der Waals surface area contributed by atoms with Crippen molar-refractivity contribution in [2.24, 2.45) is 0 Å². The predicted molar refractivity (Wildman–Crippen MR) is 89.9 cm³/mol. The van der Waals surface area contributed by atoms with Gasteiger partial charge in [-0.15, -0.1) is 0 Å². The first-order valence-electron chi connectivity index (χ1n) is 7.39. The van der Waals surface area contributed by atoms with Gasteiger partial charge in [0, 0.05) is 23.5 Å². The van der Waals surface area contributed by atoms with Crippen LogP contribution in [0, 0.1) is 18.3 Å². The molecule has 2 aromatic carbocycles. The highest BCUT2D eigenvalue weighted by atomic mass is 16.5. The molecule has 0 saturated carbocycles. The fourth-order valence-electron chi connectivity index (χ4n) is 2.40. The number of hydrogen-bond donors (Lipinski definition) is 0. The Morgan fingerprint density at radius 1 is 1.04 bits per heavy atom. The molecule has 0 saturated heterocycles. The molecule has 0 amide bonds. The lowest BCUT2D eigenvalue weighted by Crippen LogP contribution is -1.96. The second-order valence-electron chi connectivity index (χ2n) is 5.34. The summed E-state index contributed by atoms with van der Waals surface area (Å²) in [5.41, 5.74) is 4.56. The Bertz CT molecular complexity index is 851. The number of nitriles is 1. The third-order valence-corrected chi connectivity index (χ3v) is 3.55. The van der Waals surface area contributed by atoms with Crippen molar-refractivity contribution in [3.05, 3.63) is 83.7 Å². The van der Waals surface area contributed by atoms with E-state index in [-0.39, 0.29) is 0 Å². The number of pyridine rings is 1. The Labute approximate surface area is 135 Å². The summed E-state index contributed by atoms with van der Waals surface area (Å²) in [7, 11) is 0. The minimum Gasteiger partial charge on any atom is -0.489 e. The van der Waals surface area contributed by atoms with Gasteiger partial charge >= 0.3 is 0 Å². The van der Waals surface area contributed by atoms with E-state index in [4.69, 9.17) is 4.74 Å². The van der Waals surface area contributed by atoms with Gasteiger partial charge in [0.1, 0.15) is 12.4 Å². The maximum atomic E-state index is 9.43. The summed E-state index contributed by atoms with van der Waals surface area (Å²) in [5, 5.41) is 9.43. The van der Waals surface area contributed by atoms with Gasteiger partial charge in [0.25, 0.3) is 0 Å². The van der Waals surface area contributed by atoms with Crippen LogP contribution in [0.15, 0.2) is 67.0 Å². The zero-order chi connectivity index (χ0) is 16.1. The molecule has 0 unspecified atom stereocenters. The lowest BCUT2D eigenvalue weighted by atomic mass is 10.0. The molecule has 3 nitrogen and oxygen atoms in total. The van der Waals surface area contributed by atoms with Crippen LogP contribution in [0.25, 0.3) is 11.1 Å². The number of benzene rings is 2. The number of aromatic nitrogens is 1. The highest BCUT2D eigenvalue weighted by Gasteiger charge is 2.08. The molecule has 1 heterocycles. The number of rotatable bonds is 4. The zero-order valence-corrected chi connectivity index (χ0v) is 12.9. The normalized spacial score (nSPS) is 10.1. The van der Waals surface area contributed by atoms with Crippen LogP contribution in [-0.2, 0) is 6.61 Å². The smallest absolute Gasteiger partial charge is 0.121 e. The summed E-state index contributed by atoms with van der Waals surface area (Å²) in [6.07, 6.45) is 3.57. The largest absolute Gasteiger partial charge is 0.489 e. The van der Waals surface area contributed by atoms with Crippen molar-refractivity contribution in [2.45, 2.75) is 13.5 Å². The number of ether oxygens (including phenoxy) is 1. The Balaban J connectivity index is 1.84. The standard InChI is InChI=1S/C20H16N2O/c1-15-9-18(13-22-12-15)20-8-7-19(10-17(20)11-21)23-14-16-5-3-2-4-6-16/h2-10,12-13H,14H2,1H3. The van der Waals surface area contributed by atoms with Crippen molar-refractivity contribution in [3.8, 4) is 22.9 Å². The summed E-state index contributed by atoms with van der Waals surface area (Å²) < 4.78 is 5.78. The third kappa shape index (κ3) is 3.56. The third-order valence-electron chi connectivity index (χ3n) is 3.55. The molecule has 0 N–H and O–H groups in total. The van der Waals surface area contributed by atoms with Gasteiger partial charge in [-0.1, -0.05) is 30.3 Å². The van der Waals surface area contributed by atoms with Crippen LogP contribution in [0.5, 0.6) is 5.75 Å². The number of nitrogens with zero attached hydrogens (tertiary/aromatic N) is 2. The van der Waals surface area contributed by atoms with Gasteiger partial charge in [0.15, 0.2) is 0 Å². The average Bonchev–Trinajstić information content (AvgIpc) is 2.60. The molecule has 1 aromatic heterocycles. The average molecular weight is 300 g/mol. The highest BCUT2D eigenvalue weighted by molar-refractivity contribution is 5.71. The molecule has 0 radical (unpaired) electrons. The quantitative estimate of drug-likeness (QED) is 0.712. The fourth-order valence-corrected chi connectivity index (χ4v) is 2.40. The van der Waals surface area contributed by atoms with Gasteiger partial charge < -0.3 is 4.74 Å². The second kappa shape index (κ2) is 6.76. The SMILES string of the molecule is Cc1cncc(-c2ccc(OCc3ccccc3)cc2C#N)c1. The molecule has 23 heavy (non-hydrogen) atoms. The summed E-state index contributed by atoms with van der Waals surface area (Å²) in [5.74, 6) is 0.690. The predicted octanol–water partition coefficient (Wildman–Crippen LogP) is 4.51. The van der Waals surface area contributed by atoms with Crippen molar-refractivity contribution >= 4 is 0 Å². The second-order valence-corrected chi connectivity index (χ2v) is 5.34. The molecule has 3 rings (SSSR count). The van der Waals surface area contributed by atoms with Crippen molar-refractivity contribution in [2.75, 3.05) is 0 Å². The molecule has 0 aliphatic carbocycles. The first kappa shape index (κ1) is 14.8. The Kier molecular flexibility index (Phi) is 4.35. The molecule has 3 heteroatoms. The summed E-state index contributed by atoms with van der Waals surface area (Å²) in [4.78, 5) is 4.19. The minimum atomic E-state index is 0.483.